The van der Waals surface area contributed by atoms with Crippen molar-refractivity contribution in [3.05, 3.63) is 59.2 Å². The molecule has 1 aromatic carbocycles. The number of nitrogens with zero attached hydrogens (tertiary/aromatic N) is 1. The van der Waals surface area contributed by atoms with Gasteiger partial charge in [0.2, 0.25) is 0 Å². The molecule has 0 heterocycles. The Bertz CT molecular complexity index is 768. The van der Waals surface area contributed by atoms with Gasteiger partial charge in [0.05, 0.1) is 12.7 Å². The number of ketones is 1. The van der Waals surface area contributed by atoms with Crippen LogP contribution in [0.2, 0.25) is 0 Å². The Balaban J connectivity index is 3.00. The first-order valence-corrected chi connectivity index (χ1v) is 11.5. The highest BCUT2D eigenvalue weighted by molar-refractivity contribution is 5.95. The molecule has 2 atom stereocenters. The second-order valence-electron chi connectivity index (χ2n) is 9.11. The van der Waals surface area contributed by atoms with Crippen molar-refractivity contribution in [1.82, 2.24) is 4.90 Å². The van der Waals surface area contributed by atoms with E-state index in [1.807, 2.05) is 65.0 Å². The lowest BCUT2D eigenvalue weighted by Gasteiger charge is -2.32. The molecule has 0 aliphatic carbocycles. The SMILES string of the molecule is CC(C)=CCC/C(C)=C/C(=O)[C@@H](OC(=O)N(C(C)C)C(C)C)[C@H](C)OCc1ccccc1. The number of hydrogen-bond donors (Lipinski definition) is 0. The molecule has 32 heavy (non-hydrogen) atoms. The molecule has 0 N–H and O–H groups in total. The van der Waals surface area contributed by atoms with Crippen LogP contribution in [0.15, 0.2) is 53.6 Å². The number of carbonyl (C=O) groups is 2. The third kappa shape index (κ3) is 9.82. The minimum absolute atomic E-state index is 0.0415. The van der Waals surface area contributed by atoms with Crippen LogP contribution in [0.1, 0.15) is 73.8 Å². The third-order valence-corrected chi connectivity index (χ3v) is 5.09. The molecule has 0 radical (unpaired) electrons. The molecule has 5 heteroatoms. The predicted octanol–water partition coefficient (Wildman–Crippen LogP) is 6.48. The summed E-state index contributed by atoms with van der Waals surface area (Å²) in [7, 11) is 0. The lowest BCUT2D eigenvalue weighted by Crippen LogP contribution is -2.47. The second-order valence-corrected chi connectivity index (χ2v) is 9.11. The van der Waals surface area contributed by atoms with Crippen molar-refractivity contribution in [1.29, 1.82) is 0 Å². The zero-order chi connectivity index (χ0) is 24.3. The Hall–Kier alpha value is -2.40. The van der Waals surface area contributed by atoms with Crippen molar-refractivity contribution >= 4 is 11.9 Å². The van der Waals surface area contributed by atoms with Gasteiger partial charge >= 0.3 is 6.09 Å². The zero-order valence-electron chi connectivity index (χ0n) is 21.1. The molecule has 5 nitrogen and oxygen atoms in total. The van der Waals surface area contributed by atoms with Crippen LogP contribution in [-0.4, -0.2) is 41.1 Å². The fourth-order valence-corrected chi connectivity index (χ4v) is 3.45. The Morgan fingerprint density at radius 2 is 1.56 bits per heavy atom. The van der Waals surface area contributed by atoms with Crippen LogP contribution in [0, 0.1) is 0 Å². The highest BCUT2D eigenvalue weighted by atomic mass is 16.6. The quantitative estimate of drug-likeness (QED) is 0.274. The number of allylic oxidation sites excluding steroid dienone is 3. The van der Waals surface area contributed by atoms with Gasteiger partial charge in [0, 0.05) is 12.1 Å². The minimum Gasteiger partial charge on any atom is -0.435 e. The summed E-state index contributed by atoms with van der Waals surface area (Å²) in [6.07, 6.45) is 3.29. The molecule has 178 valence electrons. The molecule has 1 rings (SSSR count). The highest BCUT2D eigenvalue weighted by Crippen LogP contribution is 2.16. The van der Waals surface area contributed by atoms with E-state index in [9.17, 15) is 9.59 Å². The van der Waals surface area contributed by atoms with Crippen LogP contribution in [-0.2, 0) is 20.9 Å². The molecular weight excluding hydrogens is 402 g/mol. The topological polar surface area (TPSA) is 55.8 Å². The molecule has 0 saturated heterocycles. The molecule has 0 saturated carbocycles. The summed E-state index contributed by atoms with van der Waals surface area (Å²) in [6, 6.07) is 9.65. The summed E-state index contributed by atoms with van der Waals surface area (Å²) in [6.45, 7) is 15.9. The van der Waals surface area contributed by atoms with E-state index in [1.165, 1.54) is 5.57 Å². The smallest absolute Gasteiger partial charge is 0.411 e. The van der Waals surface area contributed by atoms with Crippen LogP contribution in [0.3, 0.4) is 0 Å². The van der Waals surface area contributed by atoms with Gasteiger partial charge in [-0.2, -0.15) is 0 Å². The Kier molecular flexibility index (Phi) is 12.0. The number of ether oxygens (including phenoxy) is 2. The molecule has 0 spiro atoms. The van der Waals surface area contributed by atoms with Gasteiger partial charge in [0.15, 0.2) is 11.9 Å². The van der Waals surface area contributed by atoms with E-state index in [4.69, 9.17) is 9.47 Å². The van der Waals surface area contributed by atoms with Gasteiger partial charge in [-0.3, -0.25) is 4.79 Å². The summed E-state index contributed by atoms with van der Waals surface area (Å²) >= 11 is 0. The van der Waals surface area contributed by atoms with E-state index in [-0.39, 0.29) is 17.9 Å². The summed E-state index contributed by atoms with van der Waals surface area (Å²) in [5, 5.41) is 0. The van der Waals surface area contributed by atoms with Crippen molar-refractivity contribution in [2.24, 2.45) is 0 Å². The van der Waals surface area contributed by atoms with Gasteiger partial charge in [-0.25, -0.2) is 4.79 Å². The maximum atomic E-state index is 13.1. The highest BCUT2D eigenvalue weighted by Gasteiger charge is 2.32. The number of carbonyl (C=O) groups excluding carboxylic acids is 2. The van der Waals surface area contributed by atoms with Crippen molar-refractivity contribution in [2.75, 3.05) is 0 Å². The fraction of sp³-hybridized carbons (Fsp3) is 0.556. The first kappa shape index (κ1) is 27.6. The molecular formula is C27H41NO4. The largest absolute Gasteiger partial charge is 0.435 e. The summed E-state index contributed by atoms with van der Waals surface area (Å²) in [5.74, 6) is -0.249. The van der Waals surface area contributed by atoms with Crippen molar-refractivity contribution in [2.45, 2.75) is 99.1 Å². The van der Waals surface area contributed by atoms with Gasteiger partial charge in [0.1, 0.15) is 0 Å². The summed E-state index contributed by atoms with van der Waals surface area (Å²) < 4.78 is 11.7. The number of hydrogen-bond acceptors (Lipinski definition) is 4. The lowest BCUT2D eigenvalue weighted by molar-refractivity contribution is -0.132. The number of rotatable bonds is 12. The van der Waals surface area contributed by atoms with E-state index in [2.05, 4.69) is 19.9 Å². The maximum Gasteiger partial charge on any atom is 0.411 e. The fourth-order valence-electron chi connectivity index (χ4n) is 3.45. The molecule has 0 aromatic heterocycles. The second kappa shape index (κ2) is 13.9. The summed E-state index contributed by atoms with van der Waals surface area (Å²) in [5.41, 5.74) is 3.20. The minimum atomic E-state index is -1.01. The Morgan fingerprint density at radius 3 is 2.09 bits per heavy atom. The average molecular weight is 444 g/mol. The predicted molar refractivity (Wildman–Crippen MR) is 131 cm³/mol. The standard InChI is InChI=1S/C27H41NO4/c1-19(2)13-12-14-22(7)17-25(29)26(32-27(30)28(20(3)4)21(5)6)23(8)31-18-24-15-10-9-11-16-24/h9-11,13,15-17,20-21,23,26H,12,14,18H2,1-8H3/b22-17+/t23-,26-/m0/s1. The van der Waals surface area contributed by atoms with Gasteiger partial charge in [0.25, 0.3) is 0 Å². The monoisotopic (exact) mass is 443 g/mol. The van der Waals surface area contributed by atoms with Crippen molar-refractivity contribution in [3.63, 3.8) is 0 Å². The van der Waals surface area contributed by atoms with Gasteiger partial charge in [-0.1, -0.05) is 47.6 Å². The first-order chi connectivity index (χ1) is 15.0. The molecule has 1 amide bonds. The van der Waals surface area contributed by atoms with Crippen LogP contribution in [0.25, 0.3) is 0 Å². The van der Waals surface area contributed by atoms with Gasteiger partial charge < -0.3 is 14.4 Å². The van der Waals surface area contributed by atoms with Gasteiger partial charge in [-0.05, 0) is 79.9 Å². The maximum absolute atomic E-state index is 13.1. The van der Waals surface area contributed by atoms with E-state index >= 15 is 0 Å². The molecule has 0 aliphatic rings. The summed E-state index contributed by atoms with van der Waals surface area (Å²) in [4.78, 5) is 27.7. The van der Waals surface area contributed by atoms with Crippen LogP contribution in [0.5, 0.6) is 0 Å². The number of amides is 1. The van der Waals surface area contributed by atoms with Crippen molar-refractivity contribution in [3.8, 4) is 0 Å². The third-order valence-electron chi connectivity index (χ3n) is 5.09. The number of benzene rings is 1. The van der Waals surface area contributed by atoms with E-state index in [0.29, 0.717) is 6.61 Å². The van der Waals surface area contributed by atoms with E-state index < -0.39 is 18.3 Å². The Labute approximate surface area is 194 Å². The zero-order valence-corrected chi connectivity index (χ0v) is 21.1. The average Bonchev–Trinajstić information content (AvgIpc) is 2.70. The van der Waals surface area contributed by atoms with Gasteiger partial charge in [-0.15, -0.1) is 0 Å². The molecule has 0 aliphatic heterocycles. The Morgan fingerprint density at radius 1 is 0.969 bits per heavy atom. The molecule has 1 aromatic rings. The molecule has 0 bridgehead atoms. The van der Waals surface area contributed by atoms with Crippen LogP contribution >= 0.6 is 0 Å². The molecule has 0 unspecified atom stereocenters. The normalized spacial score (nSPS) is 13.6. The van der Waals surface area contributed by atoms with Crippen LogP contribution < -0.4 is 0 Å². The first-order valence-electron chi connectivity index (χ1n) is 11.5. The van der Waals surface area contributed by atoms with E-state index in [0.717, 1.165) is 24.0 Å². The molecule has 0 fully saturated rings. The lowest BCUT2D eigenvalue weighted by atomic mass is 10.0. The van der Waals surface area contributed by atoms with E-state index in [1.54, 1.807) is 17.9 Å². The van der Waals surface area contributed by atoms with Crippen LogP contribution in [0.4, 0.5) is 4.79 Å². The van der Waals surface area contributed by atoms with Crippen molar-refractivity contribution < 1.29 is 19.1 Å².